The van der Waals surface area contributed by atoms with Gasteiger partial charge in [-0.05, 0) is 36.2 Å². The fourth-order valence-electron chi connectivity index (χ4n) is 3.77. The van der Waals surface area contributed by atoms with Crippen LogP contribution in [0.4, 0.5) is 10.2 Å². The smallest absolute Gasteiger partial charge is 0.165 e. The summed E-state index contributed by atoms with van der Waals surface area (Å²) < 4.78 is 19.6. The lowest BCUT2D eigenvalue weighted by atomic mass is 10.1. The molecule has 0 aliphatic carbocycles. The van der Waals surface area contributed by atoms with Crippen LogP contribution < -0.4 is 14.7 Å². The van der Waals surface area contributed by atoms with Gasteiger partial charge in [-0.1, -0.05) is 31.2 Å². The van der Waals surface area contributed by atoms with Crippen LogP contribution in [-0.4, -0.2) is 55.8 Å². The molecule has 0 bridgehead atoms. The van der Waals surface area contributed by atoms with Crippen LogP contribution in [0.2, 0.25) is 0 Å². The lowest BCUT2D eigenvalue weighted by Crippen LogP contribution is -2.46. The van der Waals surface area contributed by atoms with E-state index in [2.05, 4.69) is 28.9 Å². The summed E-state index contributed by atoms with van der Waals surface area (Å²) in [4.78, 5) is 9.68. The van der Waals surface area contributed by atoms with E-state index in [0.717, 1.165) is 55.0 Å². The molecule has 0 saturated carbocycles. The summed E-state index contributed by atoms with van der Waals surface area (Å²) in [5, 5.41) is 12.8. The molecule has 0 unspecified atom stereocenters. The second-order valence-corrected chi connectivity index (χ2v) is 7.17. The fraction of sp³-hybridized carbons (Fsp3) is 0.348. The van der Waals surface area contributed by atoms with Crippen molar-refractivity contribution in [2.75, 3.05) is 50.8 Å². The zero-order valence-electron chi connectivity index (χ0n) is 16.6. The molecule has 152 valence electrons. The van der Waals surface area contributed by atoms with Crippen molar-refractivity contribution in [3.63, 3.8) is 0 Å². The molecule has 4 rings (SSSR count). The Morgan fingerprint density at radius 1 is 1.07 bits per heavy atom. The van der Waals surface area contributed by atoms with Gasteiger partial charge in [0.15, 0.2) is 11.6 Å². The van der Waals surface area contributed by atoms with Crippen molar-refractivity contribution >= 4 is 16.6 Å². The van der Waals surface area contributed by atoms with Crippen LogP contribution >= 0.6 is 0 Å². The quantitative estimate of drug-likeness (QED) is 0.644. The Balaban J connectivity index is 1.71. The zero-order valence-corrected chi connectivity index (χ0v) is 16.6. The van der Waals surface area contributed by atoms with E-state index in [4.69, 9.17) is 9.72 Å². The molecule has 1 fully saturated rings. The highest BCUT2D eigenvalue weighted by Crippen LogP contribution is 2.32. The van der Waals surface area contributed by atoms with Crippen molar-refractivity contribution in [2.24, 2.45) is 0 Å². The maximum Gasteiger partial charge on any atom is 0.165 e. The number of ether oxygens (including phenoxy) is 1. The van der Waals surface area contributed by atoms with E-state index in [9.17, 15) is 9.50 Å². The fourth-order valence-corrected chi connectivity index (χ4v) is 3.77. The summed E-state index contributed by atoms with van der Waals surface area (Å²) in [7, 11) is 0. The first-order valence-corrected chi connectivity index (χ1v) is 10.1. The van der Waals surface area contributed by atoms with Gasteiger partial charge in [0, 0.05) is 37.1 Å². The Labute approximate surface area is 170 Å². The Morgan fingerprint density at radius 3 is 2.59 bits per heavy atom. The van der Waals surface area contributed by atoms with Crippen LogP contribution in [0.15, 0.2) is 48.5 Å². The molecule has 0 atom stereocenters. The van der Waals surface area contributed by atoms with E-state index < -0.39 is 12.4 Å². The third-order valence-electron chi connectivity index (χ3n) is 5.41. The van der Waals surface area contributed by atoms with Gasteiger partial charge in [0.25, 0.3) is 0 Å². The monoisotopic (exact) mass is 394 g/mol. The maximum atomic E-state index is 14.4. The Bertz CT molecular complexity index is 987. The summed E-state index contributed by atoms with van der Waals surface area (Å²) in [6.07, 6.45) is 0. The average Bonchev–Trinajstić information content (AvgIpc) is 2.77. The summed E-state index contributed by atoms with van der Waals surface area (Å²) in [6, 6.07) is 15.0. The van der Waals surface area contributed by atoms with Gasteiger partial charge in [0.2, 0.25) is 0 Å². The van der Waals surface area contributed by atoms with Gasteiger partial charge in [0.05, 0.1) is 12.3 Å². The van der Waals surface area contributed by atoms with Crippen LogP contribution in [0.1, 0.15) is 6.92 Å². The lowest BCUT2D eigenvalue weighted by Gasteiger charge is -2.35. The number of fused-ring (bicyclic) bond motifs is 1. The summed E-state index contributed by atoms with van der Waals surface area (Å²) in [6.45, 7) is 6.66. The van der Waals surface area contributed by atoms with Crippen LogP contribution in [0.3, 0.4) is 0 Å². The lowest BCUT2D eigenvalue weighted by molar-refractivity contribution is -0.371. The third kappa shape index (κ3) is 4.18. The molecule has 5 nitrogen and oxygen atoms in total. The third-order valence-corrected chi connectivity index (χ3v) is 5.41. The number of piperazine rings is 1. The molecule has 1 aliphatic heterocycles. The molecule has 3 aromatic rings. The molecular formula is C23H25FN3O2-. The van der Waals surface area contributed by atoms with E-state index in [0.29, 0.717) is 5.56 Å². The molecule has 2 heterocycles. The largest absolute Gasteiger partial charge is 0.852 e. The van der Waals surface area contributed by atoms with Crippen molar-refractivity contribution < 1.29 is 14.2 Å². The van der Waals surface area contributed by atoms with Gasteiger partial charge >= 0.3 is 0 Å². The highest BCUT2D eigenvalue weighted by molar-refractivity contribution is 5.95. The van der Waals surface area contributed by atoms with Crippen molar-refractivity contribution in [2.45, 2.75) is 6.92 Å². The molecule has 6 heteroatoms. The van der Waals surface area contributed by atoms with Crippen molar-refractivity contribution in [3.05, 3.63) is 54.3 Å². The zero-order chi connectivity index (χ0) is 20.2. The molecule has 29 heavy (non-hydrogen) atoms. The van der Waals surface area contributed by atoms with Gasteiger partial charge in [0.1, 0.15) is 5.82 Å². The second kappa shape index (κ2) is 8.76. The highest BCUT2D eigenvalue weighted by atomic mass is 19.1. The van der Waals surface area contributed by atoms with Crippen LogP contribution in [0, 0.1) is 5.82 Å². The Hall–Kier alpha value is -2.70. The van der Waals surface area contributed by atoms with E-state index in [1.807, 2.05) is 18.2 Å². The van der Waals surface area contributed by atoms with E-state index in [-0.39, 0.29) is 12.4 Å². The minimum atomic E-state index is -0.482. The van der Waals surface area contributed by atoms with Gasteiger partial charge in [-0.3, -0.25) is 0 Å². The Morgan fingerprint density at radius 2 is 1.86 bits per heavy atom. The molecule has 1 saturated heterocycles. The minimum Gasteiger partial charge on any atom is -0.852 e. The molecule has 0 N–H and O–H groups in total. The average molecular weight is 394 g/mol. The standard InChI is InChI=1S/C23H25FN3O2/c1-2-26-9-11-27(12-10-26)23-19-6-4-3-5-17(19)16-21(25-23)18-7-8-22(20(24)15-18)29-14-13-28/h3-8,15-16H,2,9-14H2,1H3/q-1. The molecule has 0 amide bonds. The number of hydrogen-bond donors (Lipinski definition) is 0. The van der Waals surface area contributed by atoms with Crippen molar-refractivity contribution in [1.29, 1.82) is 0 Å². The first kappa shape index (κ1) is 19.6. The number of hydrogen-bond acceptors (Lipinski definition) is 5. The molecule has 2 aromatic carbocycles. The van der Waals surface area contributed by atoms with Crippen LogP contribution in [0.25, 0.3) is 22.0 Å². The van der Waals surface area contributed by atoms with Crippen LogP contribution in [0.5, 0.6) is 5.75 Å². The number of pyridine rings is 1. The molecule has 0 radical (unpaired) electrons. The highest BCUT2D eigenvalue weighted by Gasteiger charge is 2.20. The SMILES string of the molecule is CCN1CCN(c2nc(-c3ccc(OCC[O-])c(F)c3)cc3ccccc23)CC1. The number of benzene rings is 2. The number of anilines is 1. The molecule has 1 aliphatic rings. The van der Waals surface area contributed by atoms with Crippen LogP contribution in [-0.2, 0) is 0 Å². The Kier molecular flexibility index (Phi) is 5.92. The number of likely N-dealkylation sites (N-methyl/N-ethyl adjacent to an activating group) is 1. The number of nitrogens with zero attached hydrogens (tertiary/aromatic N) is 3. The van der Waals surface area contributed by atoms with E-state index in [1.165, 1.54) is 6.07 Å². The summed E-state index contributed by atoms with van der Waals surface area (Å²) in [5.74, 6) is 0.561. The van der Waals surface area contributed by atoms with Gasteiger partial charge in [-0.25, -0.2) is 9.37 Å². The van der Waals surface area contributed by atoms with Gasteiger partial charge in [-0.2, -0.15) is 0 Å². The molecule has 0 spiro atoms. The number of aromatic nitrogens is 1. The topological polar surface area (TPSA) is 51.7 Å². The van der Waals surface area contributed by atoms with Crippen molar-refractivity contribution in [1.82, 2.24) is 9.88 Å². The maximum absolute atomic E-state index is 14.4. The molecule has 1 aromatic heterocycles. The predicted molar refractivity (Wildman–Crippen MR) is 112 cm³/mol. The van der Waals surface area contributed by atoms with E-state index >= 15 is 0 Å². The summed E-state index contributed by atoms with van der Waals surface area (Å²) in [5.41, 5.74) is 1.42. The predicted octanol–water partition coefficient (Wildman–Crippen LogP) is 2.92. The van der Waals surface area contributed by atoms with E-state index in [1.54, 1.807) is 12.1 Å². The minimum absolute atomic E-state index is 0.0433. The second-order valence-electron chi connectivity index (χ2n) is 7.17. The van der Waals surface area contributed by atoms with Gasteiger partial charge in [-0.15, -0.1) is 6.61 Å². The van der Waals surface area contributed by atoms with Gasteiger partial charge < -0.3 is 19.6 Å². The first-order chi connectivity index (χ1) is 14.2. The van der Waals surface area contributed by atoms with Crippen molar-refractivity contribution in [3.8, 4) is 17.0 Å². The number of rotatable bonds is 6. The normalized spacial score (nSPS) is 15.1. The summed E-state index contributed by atoms with van der Waals surface area (Å²) >= 11 is 0. The molecular weight excluding hydrogens is 369 g/mol. The number of halogens is 1. The first-order valence-electron chi connectivity index (χ1n) is 10.1.